The molecule has 0 radical (unpaired) electrons. The van der Waals surface area contributed by atoms with Gasteiger partial charge >= 0.3 is 0 Å². The van der Waals surface area contributed by atoms with Crippen LogP contribution in [0.2, 0.25) is 5.02 Å². The number of pyridine rings is 1. The number of hydrogen-bond donors (Lipinski definition) is 3. The van der Waals surface area contributed by atoms with Crippen molar-refractivity contribution >= 4 is 29.2 Å². The smallest absolute Gasteiger partial charge is 0.269 e. The van der Waals surface area contributed by atoms with Crippen molar-refractivity contribution in [1.29, 1.82) is 0 Å². The second-order valence-electron chi connectivity index (χ2n) is 7.30. The molecular weight excluding hydrogens is 442 g/mol. The fraction of sp³-hybridized carbons (Fsp3) is 0.0833. The highest BCUT2D eigenvalue weighted by atomic mass is 35.5. The molecule has 2 heterocycles. The van der Waals surface area contributed by atoms with Crippen molar-refractivity contribution in [2.75, 3.05) is 5.32 Å². The molecule has 0 aliphatic heterocycles. The van der Waals surface area contributed by atoms with Crippen molar-refractivity contribution in [3.63, 3.8) is 0 Å². The van der Waals surface area contributed by atoms with Gasteiger partial charge in [0.25, 0.3) is 11.8 Å². The summed E-state index contributed by atoms with van der Waals surface area (Å²) in [5, 5.41) is 17.0. The summed E-state index contributed by atoms with van der Waals surface area (Å²) >= 11 is 6.32. The first-order valence-corrected chi connectivity index (χ1v) is 10.4. The molecule has 0 saturated heterocycles. The lowest BCUT2D eigenvalue weighted by Crippen LogP contribution is -2.16. The standard InChI is InChI=1S/C24H20ClN5O3/c1-14(31)19-8-5-9-20(27-19)15-10-11-18(25)17(12-15)24(33)28-22-13-21(23(26)32)29-30(22)16-6-3-2-4-7-16/h2-14,31H,1H3,(H2,26,32)(H,28,33). The van der Waals surface area contributed by atoms with E-state index in [1.54, 1.807) is 67.6 Å². The molecule has 0 bridgehead atoms. The highest BCUT2D eigenvalue weighted by Gasteiger charge is 2.18. The number of amides is 2. The van der Waals surface area contributed by atoms with Gasteiger partial charge in [-0.25, -0.2) is 4.68 Å². The SMILES string of the molecule is CC(O)c1cccc(-c2ccc(Cl)c(C(=O)Nc3cc(C(N)=O)nn3-c3ccccc3)c2)n1. The predicted octanol–water partition coefficient (Wildman–Crippen LogP) is 3.99. The van der Waals surface area contributed by atoms with Gasteiger partial charge in [0.1, 0.15) is 5.82 Å². The maximum Gasteiger partial charge on any atom is 0.269 e. The summed E-state index contributed by atoms with van der Waals surface area (Å²) in [5.74, 6) is -0.957. The number of rotatable bonds is 6. The van der Waals surface area contributed by atoms with E-state index in [2.05, 4.69) is 15.4 Å². The number of carbonyl (C=O) groups is 2. The van der Waals surface area contributed by atoms with Gasteiger partial charge in [-0.2, -0.15) is 5.10 Å². The van der Waals surface area contributed by atoms with Crippen molar-refractivity contribution in [2.45, 2.75) is 13.0 Å². The van der Waals surface area contributed by atoms with E-state index in [-0.39, 0.29) is 22.1 Å². The second kappa shape index (κ2) is 9.23. The van der Waals surface area contributed by atoms with Crippen molar-refractivity contribution in [1.82, 2.24) is 14.8 Å². The highest BCUT2D eigenvalue weighted by molar-refractivity contribution is 6.34. The molecule has 9 heteroatoms. The number of halogens is 1. The van der Waals surface area contributed by atoms with Gasteiger partial charge in [0.2, 0.25) is 0 Å². The molecule has 8 nitrogen and oxygen atoms in total. The average molecular weight is 462 g/mol. The van der Waals surface area contributed by atoms with Gasteiger partial charge in [-0.15, -0.1) is 0 Å². The van der Waals surface area contributed by atoms with Gasteiger partial charge in [0, 0.05) is 11.6 Å². The Morgan fingerprint density at radius 1 is 1.06 bits per heavy atom. The number of nitrogens with zero attached hydrogens (tertiary/aromatic N) is 3. The summed E-state index contributed by atoms with van der Waals surface area (Å²) in [6.45, 7) is 1.63. The fourth-order valence-corrected chi connectivity index (χ4v) is 3.45. The summed E-state index contributed by atoms with van der Waals surface area (Å²) in [6, 6.07) is 20.7. The van der Waals surface area contributed by atoms with Crippen LogP contribution in [-0.4, -0.2) is 31.7 Å². The first-order chi connectivity index (χ1) is 15.8. The monoisotopic (exact) mass is 461 g/mol. The van der Waals surface area contributed by atoms with Crippen LogP contribution in [0.25, 0.3) is 16.9 Å². The van der Waals surface area contributed by atoms with Gasteiger partial charge in [0.15, 0.2) is 5.69 Å². The quantitative estimate of drug-likeness (QED) is 0.400. The molecule has 2 aromatic heterocycles. The number of hydrogen-bond acceptors (Lipinski definition) is 5. The molecule has 0 spiro atoms. The molecule has 0 saturated carbocycles. The number of nitrogens with two attached hydrogens (primary N) is 1. The topological polar surface area (TPSA) is 123 Å². The minimum Gasteiger partial charge on any atom is -0.387 e. The normalized spacial score (nSPS) is 11.7. The number of para-hydroxylation sites is 1. The molecule has 4 rings (SSSR count). The molecule has 2 amide bonds. The van der Waals surface area contributed by atoms with Crippen LogP contribution in [0.5, 0.6) is 0 Å². The third-order valence-electron chi connectivity index (χ3n) is 4.91. The molecular formula is C24H20ClN5O3. The Balaban J connectivity index is 1.69. The average Bonchev–Trinajstić information content (AvgIpc) is 3.24. The zero-order valence-corrected chi connectivity index (χ0v) is 18.3. The molecule has 166 valence electrons. The molecule has 2 aromatic carbocycles. The minimum atomic E-state index is -0.724. The van der Waals surface area contributed by atoms with Crippen molar-refractivity contribution in [2.24, 2.45) is 5.73 Å². The third-order valence-corrected chi connectivity index (χ3v) is 5.24. The van der Waals surface area contributed by atoms with Crippen LogP contribution in [0.1, 0.15) is 39.6 Å². The number of benzene rings is 2. The summed E-state index contributed by atoms with van der Waals surface area (Å²) in [7, 11) is 0. The summed E-state index contributed by atoms with van der Waals surface area (Å²) in [6.07, 6.45) is -0.724. The Bertz CT molecular complexity index is 1340. The Morgan fingerprint density at radius 2 is 1.82 bits per heavy atom. The second-order valence-corrected chi connectivity index (χ2v) is 7.71. The van der Waals surface area contributed by atoms with Crippen LogP contribution in [0.15, 0.2) is 72.8 Å². The number of primary amides is 1. The van der Waals surface area contributed by atoms with E-state index in [9.17, 15) is 14.7 Å². The molecule has 4 N–H and O–H groups in total. The molecule has 0 aliphatic carbocycles. The van der Waals surface area contributed by atoms with E-state index >= 15 is 0 Å². The maximum absolute atomic E-state index is 13.1. The highest BCUT2D eigenvalue weighted by Crippen LogP contribution is 2.26. The van der Waals surface area contributed by atoms with E-state index in [0.717, 1.165) is 0 Å². The van der Waals surface area contributed by atoms with Crippen molar-refractivity contribution in [3.8, 4) is 16.9 Å². The zero-order chi connectivity index (χ0) is 23.5. The van der Waals surface area contributed by atoms with Gasteiger partial charge in [-0.05, 0) is 43.3 Å². The molecule has 33 heavy (non-hydrogen) atoms. The lowest BCUT2D eigenvalue weighted by molar-refractivity contribution is 0.0992. The minimum absolute atomic E-state index is 0.00754. The Labute approximate surface area is 194 Å². The van der Waals surface area contributed by atoms with Crippen LogP contribution in [0.3, 0.4) is 0 Å². The van der Waals surface area contributed by atoms with E-state index in [0.29, 0.717) is 22.6 Å². The largest absolute Gasteiger partial charge is 0.387 e. The van der Waals surface area contributed by atoms with Gasteiger partial charge in [0.05, 0.1) is 33.8 Å². The number of aliphatic hydroxyl groups is 1. The molecule has 1 atom stereocenters. The fourth-order valence-electron chi connectivity index (χ4n) is 3.24. The maximum atomic E-state index is 13.1. The number of aliphatic hydroxyl groups excluding tert-OH is 1. The van der Waals surface area contributed by atoms with Crippen LogP contribution >= 0.6 is 11.6 Å². The first kappa shape index (κ1) is 22.2. The number of nitrogens with one attached hydrogen (secondary N) is 1. The van der Waals surface area contributed by atoms with Gasteiger partial charge in [-0.3, -0.25) is 14.6 Å². The lowest BCUT2D eigenvalue weighted by Gasteiger charge is -2.11. The van der Waals surface area contributed by atoms with E-state index < -0.39 is 17.9 Å². The number of carbonyl (C=O) groups excluding carboxylic acids is 2. The third kappa shape index (κ3) is 4.77. The predicted molar refractivity (Wildman–Crippen MR) is 125 cm³/mol. The Hall–Kier alpha value is -4.01. The van der Waals surface area contributed by atoms with E-state index in [1.807, 2.05) is 6.07 Å². The van der Waals surface area contributed by atoms with E-state index in [4.69, 9.17) is 17.3 Å². The summed E-state index contributed by atoms with van der Waals surface area (Å²) in [4.78, 5) is 29.3. The van der Waals surface area contributed by atoms with Gasteiger partial charge < -0.3 is 16.2 Å². The van der Waals surface area contributed by atoms with E-state index in [1.165, 1.54) is 10.7 Å². The molecule has 1 unspecified atom stereocenters. The van der Waals surface area contributed by atoms with Crippen LogP contribution in [-0.2, 0) is 0 Å². The van der Waals surface area contributed by atoms with Crippen molar-refractivity contribution in [3.05, 3.63) is 94.8 Å². The summed E-state index contributed by atoms with van der Waals surface area (Å²) < 4.78 is 1.42. The summed E-state index contributed by atoms with van der Waals surface area (Å²) in [5.41, 5.74) is 7.99. The zero-order valence-electron chi connectivity index (χ0n) is 17.6. The molecule has 4 aromatic rings. The van der Waals surface area contributed by atoms with Crippen LogP contribution in [0.4, 0.5) is 5.82 Å². The van der Waals surface area contributed by atoms with Crippen LogP contribution < -0.4 is 11.1 Å². The number of anilines is 1. The Kier molecular flexibility index (Phi) is 6.21. The number of aromatic nitrogens is 3. The lowest BCUT2D eigenvalue weighted by atomic mass is 10.1. The molecule has 0 aliphatic rings. The van der Waals surface area contributed by atoms with Crippen LogP contribution in [0, 0.1) is 0 Å². The Morgan fingerprint density at radius 3 is 2.52 bits per heavy atom. The van der Waals surface area contributed by atoms with Crippen molar-refractivity contribution < 1.29 is 14.7 Å². The van der Waals surface area contributed by atoms with Gasteiger partial charge in [-0.1, -0.05) is 41.9 Å². The first-order valence-electron chi connectivity index (χ1n) is 10.0. The molecule has 0 fully saturated rings.